The third kappa shape index (κ3) is 6.52. The molecule has 172 valence electrons. The number of aliphatic hydroxyl groups is 1. The molecule has 1 saturated heterocycles. The van der Waals surface area contributed by atoms with Crippen LogP contribution < -0.4 is 4.74 Å². The molecule has 0 bridgehead atoms. The fraction of sp³-hybridized carbons (Fsp3) is 0.739. The lowest BCUT2D eigenvalue weighted by Crippen LogP contribution is -2.48. The minimum Gasteiger partial charge on any atom is -0.497 e. The van der Waals surface area contributed by atoms with Gasteiger partial charge in [-0.05, 0) is 56.6 Å². The topological polar surface area (TPSA) is 66.4 Å². The molecule has 0 radical (unpaired) electrons. The number of ether oxygens (including phenoxy) is 4. The Bertz CT molecular complexity index is 667. The van der Waals surface area contributed by atoms with Crippen LogP contribution in [0.15, 0.2) is 24.3 Å². The first-order chi connectivity index (χ1) is 13.8. The van der Waals surface area contributed by atoms with Crippen molar-refractivity contribution in [2.75, 3.05) is 13.7 Å². The molecule has 1 aromatic carbocycles. The van der Waals surface area contributed by atoms with Crippen LogP contribution in [0, 0.1) is 0 Å². The molecule has 0 aliphatic carbocycles. The van der Waals surface area contributed by atoms with E-state index in [1.807, 2.05) is 45.0 Å². The second-order valence-corrected chi connectivity index (χ2v) is 14.9. The van der Waals surface area contributed by atoms with Crippen LogP contribution in [0.3, 0.4) is 0 Å². The highest BCUT2D eigenvalue weighted by atomic mass is 28.4. The van der Waals surface area contributed by atoms with E-state index in [2.05, 4.69) is 33.9 Å². The third-order valence-corrected chi connectivity index (χ3v) is 10.6. The van der Waals surface area contributed by atoms with Gasteiger partial charge in [-0.25, -0.2) is 0 Å². The van der Waals surface area contributed by atoms with Gasteiger partial charge in [0, 0.05) is 0 Å². The highest BCUT2D eigenvalue weighted by Gasteiger charge is 2.48. The molecule has 0 unspecified atom stereocenters. The molecule has 1 aliphatic heterocycles. The van der Waals surface area contributed by atoms with Crippen molar-refractivity contribution in [2.24, 2.45) is 0 Å². The highest BCUT2D eigenvalue weighted by Crippen LogP contribution is 2.38. The lowest BCUT2D eigenvalue weighted by Gasteiger charge is -2.37. The number of benzene rings is 1. The molecule has 1 aromatic rings. The summed E-state index contributed by atoms with van der Waals surface area (Å²) in [5.74, 6) is 0.0244. The van der Waals surface area contributed by atoms with E-state index in [-0.39, 0.29) is 17.7 Å². The molecule has 0 aromatic heterocycles. The van der Waals surface area contributed by atoms with Gasteiger partial charge in [0.2, 0.25) is 0 Å². The molecule has 30 heavy (non-hydrogen) atoms. The average Bonchev–Trinajstić information content (AvgIpc) is 2.99. The number of aliphatic hydroxyl groups excluding tert-OH is 1. The van der Waals surface area contributed by atoms with Gasteiger partial charge in [-0.1, -0.05) is 32.9 Å². The molecule has 6 nitrogen and oxygen atoms in total. The van der Waals surface area contributed by atoms with E-state index < -0.39 is 32.4 Å². The SMILES string of the molecule is COc1ccc(CO[C@@H](C)[C@@H]2OC(C)(C)O[C@@H]2[C@H](O)CO[Si](C)(C)C(C)(C)C)cc1. The van der Waals surface area contributed by atoms with E-state index in [4.69, 9.17) is 23.4 Å². The molecule has 0 amide bonds. The van der Waals surface area contributed by atoms with Crippen molar-refractivity contribution in [2.45, 2.75) is 96.5 Å². The van der Waals surface area contributed by atoms with Crippen LogP contribution in [0.4, 0.5) is 0 Å². The predicted octanol–water partition coefficient (Wildman–Crippen LogP) is 4.50. The molecule has 4 atom stereocenters. The Labute approximate surface area is 182 Å². The highest BCUT2D eigenvalue weighted by molar-refractivity contribution is 6.74. The molecule has 0 saturated carbocycles. The van der Waals surface area contributed by atoms with Crippen LogP contribution in [-0.4, -0.2) is 57.3 Å². The van der Waals surface area contributed by atoms with Crippen molar-refractivity contribution < 1.29 is 28.5 Å². The van der Waals surface area contributed by atoms with Crippen LogP contribution in [0.25, 0.3) is 0 Å². The first kappa shape index (κ1) is 25.3. The Kier molecular flexibility index (Phi) is 8.15. The van der Waals surface area contributed by atoms with E-state index >= 15 is 0 Å². The lowest BCUT2D eigenvalue weighted by atomic mass is 10.0. The van der Waals surface area contributed by atoms with Gasteiger partial charge in [-0.15, -0.1) is 0 Å². The molecule has 1 heterocycles. The van der Waals surface area contributed by atoms with E-state index in [9.17, 15) is 5.11 Å². The van der Waals surface area contributed by atoms with Crippen LogP contribution in [-0.2, 0) is 25.2 Å². The van der Waals surface area contributed by atoms with Crippen LogP contribution in [0.2, 0.25) is 18.1 Å². The fourth-order valence-corrected chi connectivity index (χ4v) is 4.15. The van der Waals surface area contributed by atoms with E-state index in [1.165, 1.54) is 0 Å². The lowest BCUT2D eigenvalue weighted by molar-refractivity contribution is -0.163. The third-order valence-electron chi connectivity index (χ3n) is 6.10. The summed E-state index contributed by atoms with van der Waals surface area (Å²) in [4.78, 5) is 0. The second kappa shape index (κ2) is 9.67. The smallest absolute Gasteiger partial charge is 0.192 e. The van der Waals surface area contributed by atoms with Gasteiger partial charge in [0.1, 0.15) is 24.1 Å². The first-order valence-electron chi connectivity index (χ1n) is 10.7. The average molecular weight is 441 g/mol. The Morgan fingerprint density at radius 2 is 1.67 bits per heavy atom. The molecule has 7 heteroatoms. The van der Waals surface area contributed by atoms with Gasteiger partial charge in [0.15, 0.2) is 14.1 Å². The maximum atomic E-state index is 10.9. The Hall–Kier alpha value is -0.963. The summed E-state index contributed by atoms with van der Waals surface area (Å²) < 4.78 is 29.6. The van der Waals surface area contributed by atoms with Crippen molar-refractivity contribution in [3.63, 3.8) is 0 Å². The monoisotopic (exact) mass is 440 g/mol. The Balaban J connectivity index is 1.99. The van der Waals surface area contributed by atoms with Gasteiger partial charge in [-0.3, -0.25) is 0 Å². The maximum Gasteiger partial charge on any atom is 0.192 e. The fourth-order valence-electron chi connectivity index (χ4n) is 3.13. The summed E-state index contributed by atoms with van der Waals surface area (Å²) >= 11 is 0. The summed E-state index contributed by atoms with van der Waals surface area (Å²) in [6.07, 6.45) is -1.97. The maximum absolute atomic E-state index is 10.9. The van der Waals surface area contributed by atoms with Crippen molar-refractivity contribution in [3.05, 3.63) is 29.8 Å². The summed E-state index contributed by atoms with van der Waals surface area (Å²) in [6, 6.07) is 7.76. The molecule has 2 rings (SSSR count). The number of rotatable bonds is 9. The summed E-state index contributed by atoms with van der Waals surface area (Å²) in [5, 5.41) is 11.0. The molecular formula is C23H40O6Si. The second-order valence-electron chi connectivity index (χ2n) is 10.1. The molecule has 1 aliphatic rings. The minimum atomic E-state index is -1.97. The standard InChI is InChI=1S/C23H40O6Si/c1-16(26-14-17-10-12-18(25-7)13-11-17)20-21(29-23(5,6)28-20)19(24)15-27-30(8,9)22(2,3)4/h10-13,16,19-21,24H,14-15H2,1-9H3/t16-,19+,20-,21+/m0/s1. The van der Waals surface area contributed by atoms with E-state index in [1.54, 1.807) is 7.11 Å². The van der Waals surface area contributed by atoms with Crippen molar-refractivity contribution in [1.82, 2.24) is 0 Å². The zero-order valence-corrected chi connectivity index (χ0v) is 21.0. The quantitative estimate of drug-likeness (QED) is 0.570. The van der Waals surface area contributed by atoms with Crippen molar-refractivity contribution >= 4 is 8.32 Å². The van der Waals surface area contributed by atoms with Crippen LogP contribution in [0.5, 0.6) is 5.75 Å². The van der Waals surface area contributed by atoms with Gasteiger partial charge in [0.05, 0.1) is 26.4 Å². The minimum absolute atomic E-state index is 0.0766. The van der Waals surface area contributed by atoms with Crippen LogP contribution >= 0.6 is 0 Å². The Morgan fingerprint density at radius 1 is 1.10 bits per heavy atom. The van der Waals surface area contributed by atoms with Gasteiger partial charge in [0.25, 0.3) is 0 Å². The summed E-state index contributed by atoms with van der Waals surface area (Å²) in [7, 11) is -0.323. The zero-order valence-electron chi connectivity index (χ0n) is 20.0. The number of hydrogen-bond donors (Lipinski definition) is 1. The van der Waals surface area contributed by atoms with Crippen molar-refractivity contribution in [3.8, 4) is 5.75 Å². The van der Waals surface area contributed by atoms with Crippen molar-refractivity contribution in [1.29, 1.82) is 0 Å². The first-order valence-corrected chi connectivity index (χ1v) is 13.6. The Morgan fingerprint density at radius 3 is 2.20 bits per heavy atom. The predicted molar refractivity (Wildman–Crippen MR) is 120 cm³/mol. The molecule has 1 N–H and O–H groups in total. The van der Waals surface area contributed by atoms with Gasteiger partial charge < -0.3 is 28.5 Å². The molecule has 1 fully saturated rings. The molecule has 0 spiro atoms. The largest absolute Gasteiger partial charge is 0.497 e. The van der Waals surface area contributed by atoms with Crippen LogP contribution in [0.1, 0.15) is 47.1 Å². The summed E-state index contributed by atoms with van der Waals surface area (Å²) in [5.41, 5.74) is 1.04. The number of hydrogen-bond acceptors (Lipinski definition) is 6. The summed E-state index contributed by atoms with van der Waals surface area (Å²) in [6.45, 7) is 17.2. The molecular weight excluding hydrogens is 400 g/mol. The van der Waals surface area contributed by atoms with Gasteiger partial charge >= 0.3 is 0 Å². The normalized spacial score (nSPS) is 23.9. The van der Waals surface area contributed by atoms with E-state index in [0.29, 0.717) is 6.61 Å². The van der Waals surface area contributed by atoms with E-state index in [0.717, 1.165) is 11.3 Å². The van der Waals surface area contributed by atoms with Gasteiger partial charge in [-0.2, -0.15) is 0 Å². The number of methoxy groups -OCH3 is 1. The zero-order chi connectivity index (χ0) is 22.7.